The molecule has 6 heteroatoms. The van der Waals surface area contributed by atoms with E-state index in [-0.39, 0.29) is 5.56 Å². The first-order chi connectivity index (χ1) is 11.7. The molecule has 118 valence electrons. The van der Waals surface area contributed by atoms with E-state index in [1.54, 1.807) is 12.1 Å². The summed E-state index contributed by atoms with van der Waals surface area (Å²) in [4.78, 5) is 15.1. The van der Waals surface area contributed by atoms with E-state index in [0.717, 1.165) is 5.52 Å². The molecule has 4 rings (SSSR count). The highest BCUT2D eigenvalue weighted by Crippen LogP contribution is 2.27. The third-order valence-electron chi connectivity index (χ3n) is 3.51. The van der Waals surface area contributed by atoms with Gasteiger partial charge >= 0.3 is 0 Å². The van der Waals surface area contributed by atoms with Gasteiger partial charge in [0.15, 0.2) is 6.29 Å². The van der Waals surface area contributed by atoms with E-state index in [2.05, 4.69) is 32.6 Å². The molecule has 0 spiro atoms. The van der Waals surface area contributed by atoms with E-state index < -0.39 is 11.4 Å². The summed E-state index contributed by atoms with van der Waals surface area (Å²) < 4.78 is 13.4. The third-order valence-corrected chi connectivity index (χ3v) is 3.51. The summed E-state index contributed by atoms with van der Waals surface area (Å²) in [6, 6.07) is 18.0. The van der Waals surface area contributed by atoms with Gasteiger partial charge in [-0.2, -0.15) is 0 Å². The average molecular weight is 320 g/mol. The molecule has 0 N–H and O–H groups in total. The first-order valence-corrected chi connectivity index (χ1v) is 7.23. The molecule has 1 aliphatic heterocycles. The van der Waals surface area contributed by atoms with Crippen LogP contribution in [0.2, 0.25) is 0 Å². The van der Waals surface area contributed by atoms with Gasteiger partial charge in [-0.05, 0) is 23.4 Å². The molecule has 0 aliphatic carbocycles. The fourth-order valence-electron chi connectivity index (χ4n) is 2.28. The molecule has 5 nitrogen and oxygen atoms in total. The Kier molecular flexibility index (Phi) is 4.47. The Morgan fingerprint density at radius 1 is 0.958 bits per heavy atom. The summed E-state index contributed by atoms with van der Waals surface area (Å²) in [5, 5.41) is 11.6. The molecule has 2 aromatic carbocycles. The normalized spacial score (nSPS) is 18.2. The smallest absolute Gasteiger partial charge is 0.203 e. The summed E-state index contributed by atoms with van der Waals surface area (Å²) in [5.74, 6) is -0.494. The lowest BCUT2D eigenvalue weighted by Gasteiger charge is -2.13. The molecule has 0 fully saturated rings. The van der Waals surface area contributed by atoms with Crippen molar-refractivity contribution in [2.45, 2.75) is 5.54 Å². The Bertz CT molecular complexity index is 846. The van der Waals surface area contributed by atoms with Crippen molar-refractivity contribution < 1.29 is 9.18 Å². The number of para-hydroxylation sites is 1. The van der Waals surface area contributed by atoms with E-state index in [1.807, 2.05) is 30.5 Å². The number of rotatable bonds is 2. The van der Waals surface area contributed by atoms with Gasteiger partial charge < -0.3 is 0 Å². The molecule has 0 saturated carbocycles. The number of nitrogens with zero attached hydrogens (tertiary/aromatic N) is 4. The van der Waals surface area contributed by atoms with Crippen LogP contribution in [0.1, 0.15) is 5.56 Å². The Morgan fingerprint density at radius 3 is 2.42 bits per heavy atom. The average Bonchev–Trinajstić information content (AvgIpc) is 3.13. The molecule has 0 radical (unpaired) electrons. The maximum Gasteiger partial charge on any atom is 0.203 e. The Morgan fingerprint density at radius 2 is 1.71 bits per heavy atom. The zero-order valence-corrected chi connectivity index (χ0v) is 12.6. The monoisotopic (exact) mass is 320 g/mol. The van der Waals surface area contributed by atoms with E-state index >= 15 is 0 Å². The van der Waals surface area contributed by atoms with Crippen LogP contribution in [-0.4, -0.2) is 17.5 Å². The zero-order valence-electron chi connectivity index (χ0n) is 12.6. The maximum absolute atomic E-state index is 13.4. The number of hydrogen-bond acceptors (Lipinski definition) is 5. The lowest BCUT2D eigenvalue weighted by atomic mass is 9.93. The second kappa shape index (κ2) is 6.87. The van der Waals surface area contributed by atoms with Crippen LogP contribution in [0.3, 0.4) is 0 Å². The highest BCUT2D eigenvalue weighted by molar-refractivity contribution is 5.94. The standard InChI is InChI=1S/C9H6FN3O.C9H7N/c10-8-4-2-1-3-7(8)9(6-14)5-11-13-12-9;1-2-6-9-8(4-1)5-3-7-10-9/h1-6H;1-7H. The van der Waals surface area contributed by atoms with E-state index in [4.69, 9.17) is 0 Å². The first-order valence-electron chi connectivity index (χ1n) is 7.23. The molecular weight excluding hydrogens is 307 g/mol. The summed E-state index contributed by atoms with van der Waals surface area (Å²) >= 11 is 0. The minimum atomic E-state index is -1.37. The molecule has 0 bridgehead atoms. The molecular formula is C18H13FN4O. The van der Waals surface area contributed by atoms with Crippen molar-refractivity contribution in [1.29, 1.82) is 0 Å². The lowest BCUT2D eigenvalue weighted by molar-refractivity contribution is -0.110. The second-order valence-corrected chi connectivity index (χ2v) is 5.05. The van der Waals surface area contributed by atoms with Crippen LogP contribution >= 0.6 is 0 Å². The summed E-state index contributed by atoms with van der Waals surface area (Å²) in [6.45, 7) is 0. The number of hydrogen-bond donors (Lipinski definition) is 0. The molecule has 1 unspecified atom stereocenters. The topological polar surface area (TPSA) is 67.0 Å². The highest BCUT2D eigenvalue weighted by atomic mass is 19.1. The second-order valence-electron chi connectivity index (χ2n) is 5.05. The van der Waals surface area contributed by atoms with Gasteiger partial charge in [0.1, 0.15) is 5.82 Å². The van der Waals surface area contributed by atoms with Crippen LogP contribution in [-0.2, 0) is 10.3 Å². The number of halogens is 1. The fourth-order valence-corrected chi connectivity index (χ4v) is 2.28. The Balaban J connectivity index is 0.000000149. The lowest BCUT2D eigenvalue weighted by Crippen LogP contribution is -2.26. The van der Waals surface area contributed by atoms with E-state index in [1.165, 1.54) is 23.7 Å². The fraction of sp³-hybridized carbons (Fsp3) is 0.0556. The Labute approximate surface area is 137 Å². The van der Waals surface area contributed by atoms with Crippen LogP contribution in [0, 0.1) is 5.82 Å². The van der Waals surface area contributed by atoms with Crippen molar-refractivity contribution in [2.75, 3.05) is 0 Å². The number of fused-ring (bicyclic) bond motifs is 1. The van der Waals surface area contributed by atoms with Gasteiger partial charge in [0, 0.05) is 17.1 Å². The molecule has 2 heterocycles. The predicted molar refractivity (Wildman–Crippen MR) is 89.2 cm³/mol. The quantitative estimate of drug-likeness (QED) is 0.672. The molecule has 1 aromatic heterocycles. The molecule has 1 atom stereocenters. The van der Waals surface area contributed by atoms with Gasteiger partial charge in [-0.25, -0.2) is 4.39 Å². The van der Waals surface area contributed by atoms with Gasteiger partial charge in [-0.1, -0.05) is 42.5 Å². The summed E-state index contributed by atoms with van der Waals surface area (Å²) in [7, 11) is 0. The van der Waals surface area contributed by atoms with Crippen LogP contribution in [0.25, 0.3) is 10.9 Å². The van der Waals surface area contributed by atoms with Gasteiger partial charge in [0.05, 0.1) is 11.7 Å². The number of carbonyl (C=O) groups is 1. The predicted octanol–water partition coefficient (Wildman–Crippen LogP) is 3.91. The number of carbonyl (C=O) groups excluding carboxylic acids is 1. The molecule has 24 heavy (non-hydrogen) atoms. The molecule has 1 aliphatic rings. The summed E-state index contributed by atoms with van der Waals surface area (Å²) in [5.41, 5.74) is -0.143. The van der Waals surface area contributed by atoms with Crippen LogP contribution in [0.5, 0.6) is 0 Å². The minimum Gasteiger partial charge on any atom is -0.300 e. The van der Waals surface area contributed by atoms with Crippen molar-refractivity contribution >= 4 is 23.4 Å². The van der Waals surface area contributed by atoms with Crippen molar-refractivity contribution in [3.63, 3.8) is 0 Å². The van der Waals surface area contributed by atoms with E-state index in [9.17, 15) is 9.18 Å². The SMILES string of the molecule is O=CC1(c2ccccc2F)C=NN=N1.c1ccc2ncccc2c1. The van der Waals surface area contributed by atoms with Crippen LogP contribution in [0.4, 0.5) is 4.39 Å². The van der Waals surface area contributed by atoms with Gasteiger partial charge in [0.25, 0.3) is 0 Å². The van der Waals surface area contributed by atoms with Gasteiger partial charge in [-0.3, -0.25) is 9.78 Å². The van der Waals surface area contributed by atoms with Crippen LogP contribution in [0.15, 0.2) is 82.3 Å². The minimum absolute atomic E-state index is 0.167. The molecule has 3 aromatic rings. The van der Waals surface area contributed by atoms with Gasteiger partial charge in [0.2, 0.25) is 5.54 Å². The molecule has 0 amide bonds. The number of aromatic nitrogens is 1. The van der Waals surface area contributed by atoms with Crippen molar-refractivity contribution in [3.05, 3.63) is 78.2 Å². The van der Waals surface area contributed by atoms with Gasteiger partial charge in [-0.15, -0.1) is 10.2 Å². The van der Waals surface area contributed by atoms with Crippen LogP contribution < -0.4 is 0 Å². The Hall–Kier alpha value is -3.28. The number of aldehydes is 1. The number of pyridine rings is 1. The zero-order chi connectivity index (χ0) is 16.8. The molecule has 0 saturated heterocycles. The third kappa shape index (κ3) is 3.08. The summed E-state index contributed by atoms with van der Waals surface area (Å²) in [6.07, 6.45) is 3.55. The largest absolute Gasteiger partial charge is 0.300 e. The van der Waals surface area contributed by atoms with Crippen molar-refractivity contribution in [3.8, 4) is 0 Å². The van der Waals surface area contributed by atoms with Crippen molar-refractivity contribution in [1.82, 2.24) is 4.98 Å². The van der Waals surface area contributed by atoms with Crippen molar-refractivity contribution in [2.24, 2.45) is 15.4 Å². The highest BCUT2D eigenvalue weighted by Gasteiger charge is 2.35. The first kappa shape index (κ1) is 15.6. The number of benzene rings is 2. The maximum atomic E-state index is 13.4. The van der Waals surface area contributed by atoms with E-state index in [0.29, 0.717) is 6.29 Å².